The summed E-state index contributed by atoms with van der Waals surface area (Å²) < 4.78 is 0. The van der Waals surface area contributed by atoms with Gasteiger partial charge in [-0.15, -0.1) is 0 Å². The predicted octanol–water partition coefficient (Wildman–Crippen LogP) is -0.405. The van der Waals surface area contributed by atoms with Gasteiger partial charge in [-0.3, -0.25) is 19.9 Å². The molecule has 0 aromatic carbocycles. The van der Waals surface area contributed by atoms with Crippen LogP contribution in [-0.2, 0) is 9.59 Å². The third-order valence-corrected chi connectivity index (χ3v) is 3.51. The zero-order valence-corrected chi connectivity index (χ0v) is 10.5. The van der Waals surface area contributed by atoms with Crippen molar-refractivity contribution in [3.8, 4) is 0 Å². The maximum Gasteiger partial charge on any atom is 0.249 e. The summed E-state index contributed by atoms with van der Waals surface area (Å²) in [6.45, 7) is 0.709. The molecular formula is C13H16N4O2. The van der Waals surface area contributed by atoms with E-state index in [4.69, 9.17) is 0 Å². The zero-order chi connectivity index (χ0) is 13.2. The number of nitrogens with zero attached hydrogens (tertiary/aromatic N) is 1. The lowest BCUT2D eigenvalue weighted by Gasteiger charge is -2.30. The Labute approximate surface area is 111 Å². The van der Waals surface area contributed by atoms with Gasteiger partial charge >= 0.3 is 0 Å². The molecule has 2 amide bonds. The molecule has 1 saturated heterocycles. The number of fused-ring (bicyclic) bond motifs is 1. The van der Waals surface area contributed by atoms with Crippen molar-refractivity contribution < 1.29 is 9.59 Å². The van der Waals surface area contributed by atoms with Crippen LogP contribution in [-0.4, -0.2) is 36.7 Å². The standard InChI is InChI=1S/C13H16N4O2/c18-11-5-4-10(13(19)17-11)16-9-3-1-2-8-12(9)15-7-6-14-8/h1,3,6,8,10,15-16H,2,4-5,7H2,(H,17,18,19)/t8-,10?/m0/s1. The van der Waals surface area contributed by atoms with Crippen LogP contribution in [0.15, 0.2) is 28.5 Å². The van der Waals surface area contributed by atoms with Gasteiger partial charge in [0, 0.05) is 19.2 Å². The van der Waals surface area contributed by atoms with Crippen molar-refractivity contribution in [2.24, 2.45) is 4.99 Å². The molecule has 0 radical (unpaired) electrons. The normalized spacial score (nSPS) is 29.7. The fourth-order valence-corrected chi connectivity index (χ4v) is 2.53. The molecule has 6 nitrogen and oxygen atoms in total. The van der Waals surface area contributed by atoms with Gasteiger partial charge in [0.15, 0.2) is 0 Å². The molecule has 0 bridgehead atoms. The molecule has 100 valence electrons. The molecule has 2 heterocycles. The first-order chi connectivity index (χ1) is 9.24. The first-order valence-corrected chi connectivity index (χ1v) is 6.50. The van der Waals surface area contributed by atoms with Crippen LogP contribution in [0.25, 0.3) is 0 Å². The minimum Gasteiger partial charge on any atom is -0.380 e. The third-order valence-electron chi connectivity index (χ3n) is 3.51. The van der Waals surface area contributed by atoms with E-state index in [9.17, 15) is 9.59 Å². The number of aliphatic imine (C=N–C) groups is 1. The number of imide groups is 1. The summed E-state index contributed by atoms with van der Waals surface area (Å²) in [5.41, 5.74) is 1.94. The van der Waals surface area contributed by atoms with Gasteiger partial charge in [0.05, 0.1) is 17.4 Å². The Hall–Kier alpha value is -2.11. The number of carbonyl (C=O) groups excluding carboxylic acids is 2. The first kappa shape index (κ1) is 12.0. The topological polar surface area (TPSA) is 82.6 Å². The van der Waals surface area contributed by atoms with Crippen LogP contribution in [0.4, 0.5) is 0 Å². The van der Waals surface area contributed by atoms with Crippen molar-refractivity contribution in [2.45, 2.75) is 31.3 Å². The summed E-state index contributed by atoms with van der Waals surface area (Å²) in [4.78, 5) is 27.3. The molecule has 0 spiro atoms. The van der Waals surface area contributed by atoms with Crippen LogP contribution in [0.2, 0.25) is 0 Å². The van der Waals surface area contributed by atoms with Crippen LogP contribution < -0.4 is 16.0 Å². The molecule has 0 saturated carbocycles. The van der Waals surface area contributed by atoms with E-state index in [0.29, 0.717) is 19.4 Å². The summed E-state index contributed by atoms with van der Waals surface area (Å²) in [5, 5.41) is 8.88. The Morgan fingerprint density at radius 1 is 1.37 bits per heavy atom. The van der Waals surface area contributed by atoms with Crippen LogP contribution >= 0.6 is 0 Å². The second kappa shape index (κ2) is 4.87. The van der Waals surface area contributed by atoms with E-state index in [1.54, 1.807) is 0 Å². The third kappa shape index (κ3) is 2.38. The van der Waals surface area contributed by atoms with E-state index in [0.717, 1.165) is 17.8 Å². The average Bonchev–Trinajstić information content (AvgIpc) is 2.42. The average molecular weight is 260 g/mol. The molecule has 1 fully saturated rings. The molecule has 0 aromatic rings. The maximum absolute atomic E-state index is 11.7. The molecule has 1 aliphatic carbocycles. The lowest BCUT2D eigenvalue weighted by Crippen LogP contribution is -2.51. The number of carbonyl (C=O) groups is 2. The van der Waals surface area contributed by atoms with Gasteiger partial charge in [0.2, 0.25) is 11.8 Å². The van der Waals surface area contributed by atoms with Crippen LogP contribution in [0, 0.1) is 0 Å². The van der Waals surface area contributed by atoms with Gasteiger partial charge in [-0.25, -0.2) is 0 Å². The number of allylic oxidation sites excluding steroid dienone is 1. The molecule has 1 unspecified atom stereocenters. The van der Waals surface area contributed by atoms with Crippen LogP contribution in [0.3, 0.4) is 0 Å². The van der Waals surface area contributed by atoms with E-state index in [1.165, 1.54) is 0 Å². The highest BCUT2D eigenvalue weighted by Crippen LogP contribution is 2.21. The van der Waals surface area contributed by atoms with Crippen molar-refractivity contribution >= 4 is 18.0 Å². The number of piperidine rings is 1. The molecule has 2 aliphatic heterocycles. The lowest BCUT2D eigenvalue weighted by atomic mass is 9.99. The summed E-state index contributed by atoms with van der Waals surface area (Å²) in [7, 11) is 0. The van der Waals surface area contributed by atoms with Crippen LogP contribution in [0.1, 0.15) is 19.3 Å². The predicted molar refractivity (Wildman–Crippen MR) is 70.4 cm³/mol. The number of rotatable bonds is 2. The van der Waals surface area contributed by atoms with Gasteiger partial charge in [-0.1, -0.05) is 6.08 Å². The number of hydrogen-bond acceptors (Lipinski definition) is 5. The summed E-state index contributed by atoms with van der Waals surface area (Å²) in [6.07, 6.45) is 7.68. The van der Waals surface area contributed by atoms with Crippen molar-refractivity contribution in [1.29, 1.82) is 0 Å². The quantitative estimate of drug-likeness (QED) is 0.590. The molecular weight excluding hydrogens is 244 g/mol. The Kier molecular flexibility index (Phi) is 3.06. The van der Waals surface area contributed by atoms with Gasteiger partial charge < -0.3 is 10.6 Å². The first-order valence-electron chi connectivity index (χ1n) is 6.50. The molecule has 3 rings (SSSR count). The Morgan fingerprint density at radius 3 is 3.11 bits per heavy atom. The summed E-state index contributed by atoms with van der Waals surface area (Å²) >= 11 is 0. The maximum atomic E-state index is 11.7. The SMILES string of the molecule is O=C1CCC(NC2=C3NCC=N[C@H]3CC=C2)C(=O)N1. The minimum absolute atomic E-state index is 0.120. The van der Waals surface area contributed by atoms with Gasteiger partial charge in [0.25, 0.3) is 0 Å². The number of hydrogen-bond donors (Lipinski definition) is 3. The fourth-order valence-electron chi connectivity index (χ4n) is 2.53. The fraction of sp³-hybridized carbons (Fsp3) is 0.462. The largest absolute Gasteiger partial charge is 0.380 e. The highest BCUT2D eigenvalue weighted by atomic mass is 16.2. The smallest absolute Gasteiger partial charge is 0.249 e. The minimum atomic E-state index is -0.351. The molecule has 0 aromatic heterocycles. The molecule has 2 atom stereocenters. The number of nitrogens with one attached hydrogen (secondary N) is 3. The Balaban J connectivity index is 1.77. The van der Waals surface area contributed by atoms with Crippen molar-refractivity contribution in [1.82, 2.24) is 16.0 Å². The molecule has 3 N–H and O–H groups in total. The van der Waals surface area contributed by atoms with Crippen molar-refractivity contribution in [2.75, 3.05) is 6.54 Å². The van der Waals surface area contributed by atoms with Gasteiger partial charge in [0.1, 0.15) is 6.04 Å². The highest BCUT2D eigenvalue weighted by molar-refractivity contribution is 6.00. The van der Waals surface area contributed by atoms with E-state index in [2.05, 4.69) is 20.9 Å². The van der Waals surface area contributed by atoms with Gasteiger partial charge in [-0.05, 0) is 18.9 Å². The summed E-state index contributed by atoms with van der Waals surface area (Å²) in [5.74, 6) is -0.447. The van der Waals surface area contributed by atoms with E-state index in [-0.39, 0.29) is 23.9 Å². The zero-order valence-electron chi connectivity index (χ0n) is 10.5. The van der Waals surface area contributed by atoms with E-state index >= 15 is 0 Å². The van der Waals surface area contributed by atoms with Crippen molar-refractivity contribution in [3.63, 3.8) is 0 Å². The summed E-state index contributed by atoms with van der Waals surface area (Å²) in [6, 6.07) is -0.231. The lowest BCUT2D eigenvalue weighted by molar-refractivity contribution is -0.134. The molecule has 6 heteroatoms. The van der Waals surface area contributed by atoms with Crippen LogP contribution in [0.5, 0.6) is 0 Å². The molecule has 3 aliphatic rings. The van der Waals surface area contributed by atoms with Crippen molar-refractivity contribution in [3.05, 3.63) is 23.5 Å². The second-order valence-electron chi connectivity index (χ2n) is 4.84. The Bertz CT molecular complexity index is 507. The van der Waals surface area contributed by atoms with Gasteiger partial charge in [-0.2, -0.15) is 0 Å². The second-order valence-corrected chi connectivity index (χ2v) is 4.84. The van der Waals surface area contributed by atoms with E-state index in [1.807, 2.05) is 18.4 Å². The molecule has 19 heavy (non-hydrogen) atoms. The number of amides is 2. The monoisotopic (exact) mass is 260 g/mol. The van der Waals surface area contributed by atoms with E-state index < -0.39 is 0 Å². The highest BCUT2D eigenvalue weighted by Gasteiger charge is 2.29. The Morgan fingerprint density at radius 2 is 2.26 bits per heavy atom.